The molecule has 2 amide bonds. The van der Waals surface area contributed by atoms with Crippen molar-refractivity contribution in [3.63, 3.8) is 0 Å². The summed E-state index contributed by atoms with van der Waals surface area (Å²) in [5.41, 5.74) is 6.08. The van der Waals surface area contributed by atoms with Crippen molar-refractivity contribution in [1.82, 2.24) is 5.43 Å². The predicted molar refractivity (Wildman–Crippen MR) is 27.2 cm³/mol. The van der Waals surface area contributed by atoms with Crippen LogP contribution in [0.4, 0.5) is 4.79 Å². The second kappa shape index (κ2) is 4.71. The molecule has 0 saturated heterocycles. The Labute approximate surface area is 45.6 Å². The zero-order valence-electron chi connectivity index (χ0n) is 2.97. The first kappa shape index (κ1) is 9.20. The zero-order chi connectivity index (χ0) is 4.28. The summed E-state index contributed by atoms with van der Waals surface area (Å²) in [4.78, 5) is 9.35. The molecule has 0 aliphatic carbocycles. The number of amides is 2. The Hall–Kier alpha value is -0.290. The Bertz CT molecular complexity index is 46.1. The van der Waals surface area contributed by atoms with Crippen molar-refractivity contribution in [3.8, 4) is 0 Å². The van der Waals surface area contributed by atoms with Crippen molar-refractivity contribution < 1.29 is 4.79 Å². The van der Waals surface area contributed by atoms with Gasteiger partial charge in [0.1, 0.15) is 0 Å². The number of hydrogen-bond acceptors (Lipinski definition) is 2. The Kier molecular flexibility index (Phi) is 7.22. The molecule has 0 rings (SSSR count). The van der Waals surface area contributed by atoms with Gasteiger partial charge >= 0.3 is 6.03 Å². The van der Waals surface area contributed by atoms with Crippen LogP contribution in [-0.4, -0.2) is 6.03 Å². The lowest BCUT2D eigenvalue weighted by molar-refractivity contribution is 0.249. The molecule has 0 bridgehead atoms. The number of halogens is 1. The van der Waals surface area contributed by atoms with Gasteiger partial charge in [0.05, 0.1) is 0 Å². The van der Waals surface area contributed by atoms with Crippen LogP contribution < -0.4 is 17.0 Å². The predicted octanol–water partition coefficient (Wildman–Crippen LogP) is -0.894. The molecule has 0 aromatic carbocycles. The maximum absolute atomic E-state index is 9.35. The van der Waals surface area contributed by atoms with Crippen LogP contribution in [0.5, 0.6) is 0 Å². The number of primary amides is 1. The first-order valence-corrected chi connectivity index (χ1v) is 1.03. The molecule has 0 aliphatic heterocycles. The van der Waals surface area contributed by atoms with Crippen LogP contribution in [0, 0.1) is 0 Å². The molecule has 0 heterocycles. The smallest absolute Gasteiger partial charge is 0.326 e. The normalized spacial score (nSPS) is 5.50. The highest BCUT2D eigenvalue weighted by atomic mass is 79.9. The van der Waals surface area contributed by atoms with E-state index < -0.39 is 6.03 Å². The number of rotatable bonds is 0. The molecule has 0 fully saturated rings. The van der Waals surface area contributed by atoms with E-state index in [0.29, 0.717) is 0 Å². The Morgan fingerprint density at radius 2 is 1.83 bits per heavy atom. The minimum atomic E-state index is -0.718. The van der Waals surface area contributed by atoms with Gasteiger partial charge in [-0.15, -0.1) is 17.0 Å². The molecule has 0 unspecified atom stereocenters. The number of nitrogens with one attached hydrogen (secondary N) is 1. The van der Waals surface area contributed by atoms with Crippen molar-refractivity contribution in [2.75, 3.05) is 0 Å². The Morgan fingerprint density at radius 3 is 1.83 bits per heavy atom. The summed E-state index contributed by atoms with van der Waals surface area (Å²) in [6.07, 6.45) is 0. The quantitative estimate of drug-likeness (QED) is 0.241. The first-order valence-electron chi connectivity index (χ1n) is 1.03. The number of hydrogen-bond donors (Lipinski definition) is 3. The SMILES string of the molecule is Br.NNC(N)=O. The average molecular weight is 156 g/mol. The summed E-state index contributed by atoms with van der Waals surface area (Å²) >= 11 is 0. The van der Waals surface area contributed by atoms with E-state index in [-0.39, 0.29) is 17.0 Å². The molecular weight excluding hydrogens is 150 g/mol. The van der Waals surface area contributed by atoms with Gasteiger partial charge in [-0.25, -0.2) is 10.6 Å². The fourth-order valence-electron chi connectivity index (χ4n) is 0. The summed E-state index contributed by atoms with van der Waals surface area (Å²) in [6, 6.07) is -0.718. The van der Waals surface area contributed by atoms with E-state index in [9.17, 15) is 4.79 Å². The molecule has 0 saturated carbocycles. The van der Waals surface area contributed by atoms with Crippen molar-refractivity contribution >= 4 is 23.0 Å². The minimum Gasteiger partial charge on any atom is -0.351 e. The first-order chi connectivity index (χ1) is 2.27. The van der Waals surface area contributed by atoms with E-state index in [2.05, 4.69) is 11.6 Å². The van der Waals surface area contributed by atoms with Crippen LogP contribution >= 0.6 is 17.0 Å². The molecule has 0 spiro atoms. The van der Waals surface area contributed by atoms with Gasteiger partial charge in [0.25, 0.3) is 0 Å². The fraction of sp³-hybridized carbons (Fsp3) is 0. The highest BCUT2D eigenvalue weighted by molar-refractivity contribution is 8.93. The van der Waals surface area contributed by atoms with Crippen LogP contribution in [0.2, 0.25) is 0 Å². The van der Waals surface area contributed by atoms with E-state index in [0.717, 1.165) is 0 Å². The lowest BCUT2D eigenvalue weighted by atomic mass is 11.2. The largest absolute Gasteiger partial charge is 0.351 e. The van der Waals surface area contributed by atoms with Gasteiger partial charge in [-0.2, -0.15) is 0 Å². The second-order valence-electron chi connectivity index (χ2n) is 0.509. The number of carbonyl (C=O) groups is 1. The standard InChI is InChI=1S/CH5N3O.BrH/c2-1(5)4-3;/h3H2,(H3,2,4,5);1H. The summed E-state index contributed by atoms with van der Waals surface area (Å²) in [5.74, 6) is 4.45. The van der Waals surface area contributed by atoms with E-state index >= 15 is 0 Å². The van der Waals surface area contributed by atoms with Crippen LogP contribution in [0.1, 0.15) is 0 Å². The maximum atomic E-state index is 9.35. The maximum Gasteiger partial charge on any atom is 0.326 e. The van der Waals surface area contributed by atoms with E-state index in [4.69, 9.17) is 0 Å². The molecule has 5 N–H and O–H groups in total. The molecule has 0 aromatic rings. The van der Waals surface area contributed by atoms with Gasteiger partial charge in [0.2, 0.25) is 0 Å². The van der Waals surface area contributed by atoms with Crippen molar-refractivity contribution in [3.05, 3.63) is 0 Å². The molecule has 38 valence electrons. The van der Waals surface area contributed by atoms with Gasteiger partial charge in [0.15, 0.2) is 0 Å². The van der Waals surface area contributed by atoms with Gasteiger partial charge < -0.3 is 5.73 Å². The molecule has 0 atom stereocenters. The van der Waals surface area contributed by atoms with Crippen LogP contribution in [0.15, 0.2) is 0 Å². The van der Waals surface area contributed by atoms with E-state index in [1.165, 1.54) is 0 Å². The number of carbonyl (C=O) groups excluding carboxylic acids is 1. The zero-order valence-corrected chi connectivity index (χ0v) is 4.68. The third-order valence-corrected chi connectivity index (χ3v) is 0.142. The van der Waals surface area contributed by atoms with E-state index in [1.807, 2.05) is 0 Å². The molecule has 6 heavy (non-hydrogen) atoms. The molecule has 0 radical (unpaired) electrons. The van der Waals surface area contributed by atoms with E-state index in [1.54, 1.807) is 5.43 Å². The van der Waals surface area contributed by atoms with Gasteiger partial charge in [-0.1, -0.05) is 0 Å². The van der Waals surface area contributed by atoms with Crippen molar-refractivity contribution in [1.29, 1.82) is 0 Å². The summed E-state index contributed by atoms with van der Waals surface area (Å²) in [7, 11) is 0. The van der Waals surface area contributed by atoms with Crippen LogP contribution in [0.3, 0.4) is 0 Å². The average Bonchev–Trinajstić information content (AvgIpc) is 1.38. The molecule has 4 nitrogen and oxygen atoms in total. The number of hydrazine groups is 1. The Balaban J connectivity index is 0. The minimum absolute atomic E-state index is 0. The van der Waals surface area contributed by atoms with Crippen molar-refractivity contribution in [2.24, 2.45) is 11.6 Å². The fourth-order valence-corrected chi connectivity index (χ4v) is 0. The lowest BCUT2D eigenvalue weighted by Crippen LogP contribution is -2.34. The van der Waals surface area contributed by atoms with Gasteiger partial charge in [-0.05, 0) is 0 Å². The summed E-state index contributed by atoms with van der Waals surface area (Å²) < 4.78 is 0. The summed E-state index contributed by atoms with van der Waals surface area (Å²) in [6.45, 7) is 0. The number of urea groups is 1. The highest BCUT2D eigenvalue weighted by Gasteiger charge is 1.73. The molecular formula is CH6BrN3O. The third kappa shape index (κ3) is 9.32. The number of nitrogens with two attached hydrogens (primary N) is 2. The second-order valence-corrected chi connectivity index (χ2v) is 0.509. The molecule has 0 aliphatic rings. The van der Waals surface area contributed by atoms with Gasteiger partial charge in [0, 0.05) is 0 Å². The third-order valence-electron chi connectivity index (χ3n) is 0.142. The lowest BCUT2D eigenvalue weighted by Gasteiger charge is -1.81. The van der Waals surface area contributed by atoms with Gasteiger partial charge in [-0.3, -0.25) is 5.43 Å². The van der Waals surface area contributed by atoms with Crippen LogP contribution in [0.25, 0.3) is 0 Å². The topological polar surface area (TPSA) is 81.1 Å². The molecule has 0 aromatic heterocycles. The molecule has 5 heteroatoms. The summed E-state index contributed by atoms with van der Waals surface area (Å²) in [5, 5.41) is 0. The highest BCUT2D eigenvalue weighted by Crippen LogP contribution is 1.34. The Morgan fingerprint density at radius 1 is 1.67 bits per heavy atom. The van der Waals surface area contributed by atoms with Crippen molar-refractivity contribution in [2.45, 2.75) is 0 Å². The van der Waals surface area contributed by atoms with Crippen LogP contribution in [-0.2, 0) is 0 Å². The monoisotopic (exact) mass is 155 g/mol.